The minimum Gasteiger partial charge on any atom is -0.308 e. The van der Waals surface area contributed by atoms with Crippen LogP contribution in [0.1, 0.15) is 22.3 Å². The monoisotopic (exact) mass is 325 g/mol. The third-order valence-electron chi connectivity index (χ3n) is 3.81. The Labute approximate surface area is 139 Å². The van der Waals surface area contributed by atoms with Gasteiger partial charge in [0.15, 0.2) is 5.13 Å². The number of fused-ring (bicyclic) bond motifs is 1. The van der Waals surface area contributed by atoms with Crippen LogP contribution in [0.3, 0.4) is 0 Å². The highest BCUT2D eigenvalue weighted by molar-refractivity contribution is 7.22. The van der Waals surface area contributed by atoms with Gasteiger partial charge in [-0.1, -0.05) is 23.5 Å². The van der Waals surface area contributed by atoms with E-state index in [2.05, 4.69) is 28.6 Å². The summed E-state index contributed by atoms with van der Waals surface area (Å²) in [6, 6.07) is 9.73. The van der Waals surface area contributed by atoms with Gasteiger partial charge in [0.1, 0.15) is 0 Å². The van der Waals surface area contributed by atoms with Crippen molar-refractivity contribution >= 4 is 38.4 Å². The molecule has 0 aliphatic heterocycles. The molecule has 0 spiro atoms. The second-order valence-electron chi connectivity index (χ2n) is 5.83. The molecule has 0 atom stereocenters. The van der Waals surface area contributed by atoms with Gasteiger partial charge < -0.3 is 5.32 Å². The van der Waals surface area contributed by atoms with Gasteiger partial charge in [0.2, 0.25) is 0 Å². The van der Waals surface area contributed by atoms with Crippen molar-refractivity contribution < 1.29 is 4.79 Å². The largest absolute Gasteiger partial charge is 0.325 e. The lowest BCUT2D eigenvalue weighted by atomic mass is 10.1. The molecular formula is C18H19N3OS. The highest BCUT2D eigenvalue weighted by Crippen LogP contribution is 2.29. The number of carbonyl (C=O) groups excluding carboxylic acids is 1. The van der Waals surface area contributed by atoms with Crippen molar-refractivity contribution in [3.8, 4) is 0 Å². The van der Waals surface area contributed by atoms with Gasteiger partial charge in [-0.05, 0) is 68.1 Å². The molecule has 4 nitrogen and oxygen atoms in total. The maximum absolute atomic E-state index is 12.2. The number of amides is 2. The maximum atomic E-state index is 12.2. The van der Waals surface area contributed by atoms with Crippen molar-refractivity contribution in [3.05, 3.63) is 52.6 Å². The molecule has 0 fully saturated rings. The molecule has 0 saturated heterocycles. The summed E-state index contributed by atoms with van der Waals surface area (Å²) in [5.74, 6) is 0. The maximum Gasteiger partial charge on any atom is 0.325 e. The molecule has 2 N–H and O–H groups in total. The molecule has 0 bridgehead atoms. The van der Waals surface area contributed by atoms with Gasteiger partial charge in [-0.25, -0.2) is 9.78 Å². The zero-order valence-corrected chi connectivity index (χ0v) is 14.5. The summed E-state index contributed by atoms with van der Waals surface area (Å²) in [5.41, 5.74) is 6.40. The van der Waals surface area contributed by atoms with E-state index < -0.39 is 0 Å². The molecular weight excluding hydrogens is 306 g/mol. The molecule has 0 saturated carbocycles. The van der Waals surface area contributed by atoms with E-state index in [1.165, 1.54) is 28.0 Å². The second-order valence-corrected chi connectivity index (χ2v) is 6.83. The Bertz CT molecular complexity index is 899. The van der Waals surface area contributed by atoms with E-state index in [0.29, 0.717) is 5.13 Å². The zero-order valence-electron chi connectivity index (χ0n) is 13.7. The molecule has 2 amide bonds. The van der Waals surface area contributed by atoms with Crippen LogP contribution in [0.25, 0.3) is 10.2 Å². The van der Waals surface area contributed by atoms with Crippen LogP contribution in [0.5, 0.6) is 0 Å². The Balaban J connectivity index is 1.77. The fourth-order valence-electron chi connectivity index (χ4n) is 2.51. The van der Waals surface area contributed by atoms with Crippen LogP contribution in [0.2, 0.25) is 0 Å². The normalized spacial score (nSPS) is 10.8. The molecule has 3 rings (SSSR count). The van der Waals surface area contributed by atoms with Crippen molar-refractivity contribution in [3.63, 3.8) is 0 Å². The number of aromatic nitrogens is 1. The molecule has 0 aliphatic rings. The third-order valence-corrected chi connectivity index (χ3v) is 4.93. The van der Waals surface area contributed by atoms with E-state index >= 15 is 0 Å². The van der Waals surface area contributed by atoms with Gasteiger partial charge in [0.05, 0.1) is 10.2 Å². The SMILES string of the molecule is Cc1cc(C)c2sc(NC(=O)Nc3ccc(C)c(C)c3)nc2c1. The van der Waals surface area contributed by atoms with E-state index in [-0.39, 0.29) is 6.03 Å². The van der Waals surface area contributed by atoms with Gasteiger partial charge >= 0.3 is 6.03 Å². The Morgan fingerprint density at radius 1 is 0.957 bits per heavy atom. The molecule has 5 heteroatoms. The predicted molar refractivity (Wildman–Crippen MR) is 97.7 cm³/mol. The second kappa shape index (κ2) is 6.01. The zero-order chi connectivity index (χ0) is 16.6. The van der Waals surface area contributed by atoms with Crippen molar-refractivity contribution in [2.45, 2.75) is 27.7 Å². The number of urea groups is 1. The number of anilines is 2. The minimum absolute atomic E-state index is 0.276. The first-order valence-corrected chi connectivity index (χ1v) is 8.27. The van der Waals surface area contributed by atoms with Crippen molar-refractivity contribution in [2.75, 3.05) is 10.6 Å². The first kappa shape index (κ1) is 15.5. The molecule has 0 unspecified atom stereocenters. The molecule has 1 heterocycles. The number of nitrogens with zero attached hydrogens (tertiary/aromatic N) is 1. The quantitative estimate of drug-likeness (QED) is 0.682. The lowest BCUT2D eigenvalue weighted by Crippen LogP contribution is -2.19. The van der Waals surface area contributed by atoms with Crippen molar-refractivity contribution in [1.29, 1.82) is 0 Å². The lowest BCUT2D eigenvalue weighted by molar-refractivity contribution is 0.262. The van der Waals surface area contributed by atoms with Crippen LogP contribution in [-0.2, 0) is 0 Å². The molecule has 0 aliphatic carbocycles. The van der Waals surface area contributed by atoms with Gasteiger partial charge in [-0.2, -0.15) is 0 Å². The third kappa shape index (κ3) is 3.35. The summed E-state index contributed by atoms with van der Waals surface area (Å²) in [5, 5.41) is 6.27. The highest BCUT2D eigenvalue weighted by Gasteiger charge is 2.10. The fourth-order valence-corrected chi connectivity index (χ4v) is 3.42. The number of rotatable bonds is 2. The Kier molecular flexibility index (Phi) is 4.05. The number of thiazole rings is 1. The van der Waals surface area contributed by atoms with Gasteiger partial charge in [-0.15, -0.1) is 0 Å². The number of hydrogen-bond donors (Lipinski definition) is 2. The lowest BCUT2D eigenvalue weighted by Gasteiger charge is -2.07. The topological polar surface area (TPSA) is 54.0 Å². The smallest absolute Gasteiger partial charge is 0.308 e. The van der Waals surface area contributed by atoms with E-state index in [0.717, 1.165) is 21.5 Å². The summed E-state index contributed by atoms with van der Waals surface area (Å²) < 4.78 is 1.11. The van der Waals surface area contributed by atoms with Gasteiger partial charge in [-0.3, -0.25) is 5.32 Å². The number of nitrogens with one attached hydrogen (secondary N) is 2. The van der Waals surface area contributed by atoms with Crippen LogP contribution in [0.15, 0.2) is 30.3 Å². The minimum atomic E-state index is -0.276. The summed E-state index contributed by atoms with van der Waals surface area (Å²) in [7, 11) is 0. The highest BCUT2D eigenvalue weighted by atomic mass is 32.1. The van der Waals surface area contributed by atoms with Crippen LogP contribution < -0.4 is 10.6 Å². The Morgan fingerprint density at radius 2 is 1.74 bits per heavy atom. The van der Waals surface area contributed by atoms with Crippen molar-refractivity contribution in [2.24, 2.45) is 0 Å². The average molecular weight is 325 g/mol. The summed E-state index contributed by atoms with van der Waals surface area (Å²) >= 11 is 1.49. The molecule has 1 aromatic heterocycles. The first-order valence-electron chi connectivity index (χ1n) is 7.45. The molecule has 118 valence electrons. The summed E-state index contributed by atoms with van der Waals surface area (Å²) in [6.45, 7) is 8.18. The first-order chi connectivity index (χ1) is 10.9. The van der Waals surface area contributed by atoms with Crippen LogP contribution in [-0.4, -0.2) is 11.0 Å². The number of aryl methyl sites for hydroxylation is 4. The Hall–Kier alpha value is -2.40. The molecule has 23 heavy (non-hydrogen) atoms. The summed E-state index contributed by atoms with van der Waals surface area (Å²) in [4.78, 5) is 16.6. The average Bonchev–Trinajstić information content (AvgIpc) is 2.85. The van der Waals surface area contributed by atoms with E-state index in [1.54, 1.807) is 0 Å². The number of benzene rings is 2. The number of carbonyl (C=O) groups is 1. The fraction of sp³-hybridized carbons (Fsp3) is 0.222. The van der Waals surface area contributed by atoms with Gasteiger partial charge in [0, 0.05) is 5.69 Å². The summed E-state index contributed by atoms with van der Waals surface area (Å²) in [6.07, 6.45) is 0. The Morgan fingerprint density at radius 3 is 2.48 bits per heavy atom. The predicted octanol–water partition coefficient (Wildman–Crippen LogP) is 5.17. The van der Waals surface area contributed by atoms with Crippen LogP contribution in [0.4, 0.5) is 15.6 Å². The molecule has 0 radical (unpaired) electrons. The standard InChI is InChI=1S/C18H19N3OS/c1-10-7-13(4)16-15(8-10)20-18(23-16)21-17(22)19-14-6-5-11(2)12(3)9-14/h5-9H,1-4H3,(H2,19,20,21,22). The molecule has 3 aromatic rings. The van der Waals surface area contributed by atoms with Crippen LogP contribution >= 0.6 is 11.3 Å². The van der Waals surface area contributed by atoms with E-state index in [9.17, 15) is 4.79 Å². The van der Waals surface area contributed by atoms with E-state index in [1.807, 2.05) is 45.0 Å². The van der Waals surface area contributed by atoms with E-state index in [4.69, 9.17) is 0 Å². The van der Waals surface area contributed by atoms with Crippen molar-refractivity contribution in [1.82, 2.24) is 4.98 Å². The van der Waals surface area contributed by atoms with Crippen LogP contribution in [0, 0.1) is 27.7 Å². The van der Waals surface area contributed by atoms with Gasteiger partial charge in [0.25, 0.3) is 0 Å². The molecule has 2 aromatic carbocycles. The number of hydrogen-bond acceptors (Lipinski definition) is 3.